The Kier molecular flexibility index (Phi) is 7.19. The second kappa shape index (κ2) is 10.3. The van der Waals surface area contributed by atoms with Gasteiger partial charge in [0.05, 0.1) is 12.8 Å². The summed E-state index contributed by atoms with van der Waals surface area (Å²) in [6, 6.07) is 10.5. The molecule has 2 N–H and O–H groups in total. The zero-order valence-corrected chi connectivity index (χ0v) is 20.3. The number of hydrogen-bond donors (Lipinski definition) is 2. The number of esters is 1. The number of hydrogen-bond acceptors (Lipinski definition) is 4. The fourth-order valence-electron chi connectivity index (χ4n) is 4.26. The summed E-state index contributed by atoms with van der Waals surface area (Å²) in [6.45, 7) is 3.93. The van der Waals surface area contributed by atoms with E-state index in [4.69, 9.17) is 4.74 Å². The van der Waals surface area contributed by atoms with Gasteiger partial charge >= 0.3 is 12.0 Å². The van der Waals surface area contributed by atoms with E-state index < -0.39 is 35.5 Å². The van der Waals surface area contributed by atoms with E-state index in [2.05, 4.69) is 10.6 Å². The van der Waals surface area contributed by atoms with Crippen LogP contribution in [0.15, 0.2) is 54.6 Å². The quantitative estimate of drug-likeness (QED) is 0.424. The van der Waals surface area contributed by atoms with Gasteiger partial charge in [-0.05, 0) is 52.9 Å². The van der Waals surface area contributed by atoms with Crippen molar-refractivity contribution in [3.05, 3.63) is 83.2 Å². The molecule has 1 aliphatic heterocycles. The zero-order chi connectivity index (χ0) is 26.9. The maximum Gasteiger partial charge on any atom is 0.328 e. The highest BCUT2D eigenvalue weighted by Crippen LogP contribution is 2.32. The van der Waals surface area contributed by atoms with E-state index in [1.54, 1.807) is 24.3 Å². The monoisotopic (exact) mass is 511 g/mol. The highest BCUT2D eigenvalue weighted by molar-refractivity contribution is 6.02. The number of urea groups is 1. The molecule has 37 heavy (non-hydrogen) atoms. The molecule has 0 unspecified atom stereocenters. The summed E-state index contributed by atoms with van der Waals surface area (Å²) >= 11 is 0. The van der Waals surface area contributed by atoms with Crippen LogP contribution in [0.2, 0.25) is 0 Å². The number of carbonyl (C=O) groups excluding carboxylic acids is 3. The van der Waals surface area contributed by atoms with Gasteiger partial charge < -0.3 is 20.3 Å². The van der Waals surface area contributed by atoms with E-state index in [0.717, 1.165) is 17.7 Å². The number of amides is 3. The summed E-state index contributed by atoms with van der Waals surface area (Å²) in [5.41, 5.74) is 2.06. The zero-order valence-electron chi connectivity index (χ0n) is 20.3. The van der Waals surface area contributed by atoms with E-state index in [1.165, 1.54) is 30.2 Å². The van der Waals surface area contributed by atoms with Crippen LogP contribution in [0, 0.1) is 23.4 Å². The largest absolute Gasteiger partial charge is 0.467 e. The fourth-order valence-corrected chi connectivity index (χ4v) is 4.26. The number of methoxy groups -OCH3 is 1. The second-order valence-electron chi connectivity index (χ2n) is 8.92. The molecule has 3 aromatic rings. The Morgan fingerprint density at radius 2 is 1.59 bits per heavy atom. The van der Waals surface area contributed by atoms with Gasteiger partial charge in [0.25, 0.3) is 5.91 Å². The van der Waals surface area contributed by atoms with Crippen LogP contribution >= 0.6 is 0 Å². The van der Waals surface area contributed by atoms with Crippen LogP contribution in [0.1, 0.15) is 29.8 Å². The van der Waals surface area contributed by atoms with Crippen molar-refractivity contribution in [1.82, 2.24) is 4.90 Å². The molecule has 0 spiro atoms. The van der Waals surface area contributed by atoms with Gasteiger partial charge in [-0.1, -0.05) is 32.0 Å². The predicted molar refractivity (Wildman–Crippen MR) is 131 cm³/mol. The molecule has 0 radical (unpaired) electrons. The first-order chi connectivity index (χ1) is 17.6. The van der Waals surface area contributed by atoms with Crippen molar-refractivity contribution in [3.63, 3.8) is 0 Å². The number of benzene rings is 3. The molecule has 7 nitrogen and oxygen atoms in total. The molecule has 1 heterocycles. The number of carbonyl (C=O) groups is 3. The first-order valence-corrected chi connectivity index (χ1v) is 11.4. The van der Waals surface area contributed by atoms with Gasteiger partial charge in [0, 0.05) is 23.9 Å². The van der Waals surface area contributed by atoms with Crippen molar-refractivity contribution >= 4 is 29.3 Å². The number of nitrogens with one attached hydrogen (secondary N) is 2. The van der Waals surface area contributed by atoms with Crippen LogP contribution in [-0.4, -0.2) is 36.0 Å². The van der Waals surface area contributed by atoms with E-state index in [1.807, 2.05) is 13.8 Å². The Morgan fingerprint density at radius 3 is 2.24 bits per heavy atom. The van der Waals surface area contributed by atoms with E-state index in [-0.39, 0.29) is 29.7 Å². The van der Waals surface area contributed by atoms with E-state index in [0.29, 0.717) is 16.7 Å². The van der Waals surface area contributed by atoms with Gasteiger partial charge in [0.2, 0.25) is 0 Å². The highest BCUT2D eigenvalue weighted by Gasteiger charge is 2.38. The minimum Gasteiger partial charge on any atom is -0.467 e. The second-order valence-corrected chi connectivity index (χ2v) is 8.92. The van der Waals surface area contributed by atoms with Gasteiger partial charge in [-0.15, -0.1) is 0 Å². The minimum atomic E-state index is -1.13. The summed E-state index contributed by atoms with van der Waals surface area (Å²) in [5, 5.41) is 4.62. The molecule has 0 bridgehead atoms. The Balaban J connectivity index is 1.51. The first kappa shape index (κ1) is 25.7. The summed E-state index contributed by atoms with van der Waals surface area (Å²) < 4.78 is 46.1. The van der Waals surface area contributed by atoms with Gasteiger partial charge in [0.15, 0.2) is 11.6 Å². The molecule has 192 valence electrons. The van der Waals surface area contributed by atoms with Crippen LogP contribution in [-0.2, 0) is 16.1 Å². The number of anilines is 2. The van der Waals surface area contributed by atoms with E-state index in [9.17, 15) is 27.6 Å². The van der Waals surface area contributed by atoms with Crippen molar-refractivity contribution in [2.45, 2.75) is 26.4 Å². The smallest absolute Gasteiger partial charge is 0.328 e. The summed E-state index contributed by atoms with van der Waals surface area (Å²) in [5.74, 6) is -3.88. The lowest BCUT2D eigenvalue weighted by Gasteiger charge is -2.28. The highest BCUT2D eigenvalue weighted by atomic mass is 19.2. The normalized spacial score (nSPS) is 13.4. The Hall–Kier alpha value is -4.34. The van der Waals surface area contributed by atoms with Gasteiger partial charge in [-0.25, -0.2) is 22.8 Å². The number of fused-ring (bicyclic) bond motifs is 1. The molecular formula is C27H24F3N3O4. The third-order valence-electron chi connectivity index (χ3n) is 6.08. The Labute approximate surface area is 211 Å². The third-order valence-corrected chi connectivity index (χ3v) is 6.08. The third kappa shape index (κ3) is 5.28. The van der Waals surface area contributed by atoms with Crippen LogP contribution in [0.4, 0.5) is 29.3 Å². The molecule has 0 saturated heterocycles. The SMILES string of the molecule is COC(=O)[C@H](C(C)C)N1Cc2ccc(-c3ccc(NC(=O)Nc4ccc(F)c(F)c4)c(F)c3)cc2C1=O. The molecule has 3 aromatic carbocycles. The van der Waals surface area contributed by atoms with Crippen LogP contribution < -0.4 is 10.6 Å². The molecule has 3 amide bonds. The first-order valence-electron chi connectivity index (χ1n) is 11.4. The van der Waals surface area contributed by atoms with Gasteiger partial charge in [-0.2, -0.15) is 0 Å². The molecule has 1 atom stereocenters. The fraction of sp³-hybridized carbons (Fsp3) is 0.222. The summed E-state index contributed by atoms with van der Waals surface area (Å²) in [4.78, 5) is 39.1. The van der Waals surface area contributed by atoms with E-state index >= 15 is 0 Å². The van der Waals surface area contributed by atoms with Crippen LogP contribution in [0.5, 0.6) is 0 Å². The number of ether oxygens (including phenoxy) is 1. The molecule has 0 aliphatic carbocycles. The van der Waals surface area contributed by atoms with Crippen molar-refractivity contribution in [3.8, 4) is 11.1 Å². The predicted octanol–water partition coefficient (Wildman–Crippen LogP) is 5.57. The van der Waals surface area contributed by atoms with Gasteiger partial charge in [-0.3, -0.25) is 4.79 Å². The lowest BCUT2D eigenvalue weighted by Crippen LogP contribution is -2.45. The van der Waals surface area contributed by atoms with Crippen molar-refractivity contribution < 1.29 is 32.3 Å². The van der Waals surface area contributed by atoms with Crippen LogP contribution in [0.25, 0.3) is 11.1 Å². The molecule has 4 rings (SSSR count). The molecule has 0 saturated carbocycles. The number of halogens is 3. The van der Waals surface area contributed by atoms with Crippen molar-refractivity contribution in [1.29, 1.82) is 0 Å². The summed E-state index contributed by atoms with van der Waals surface area (Å²) in [6.07, 6.45) is 0. The Morgan fingerprint density at radius 1 is 0.892 bits per heavy atom. The standard InChI is InChI=1S/C27H24F3N3O4/c1-14(2)24(26(35)37-3)33-13-17-5-4-15(10-19(17)25(33)34)16-6-9-23(22(30)11-16)32-27(36)31-18-7-8-20(28)21(29)12-18/h4-12,14,24H,13H2,1-3H3,(H2,31,32,36)/t24-/m0/s1. The summed E-state index contributed by atoms with van der Waals surface area (Å²) in [7, 11) is 1.28. The van der Waals surface area contributed by atoms with Crippen molar-refractivity contribution in [2.75, 3.05) is 17.7 Å². The average Bonchev–Trinajstić information content (AvgIpc) is 3.17. The maximum atomic E-state index is 14.8. The topological polar surface area (TPSA) is 87.7 Å². The molecule has 1 aliphatic rings. The average molecular weight is 512 g/mol. The minimum absolute atomic E-state index is 0.00261. The molecule has 0 fully saturated rings. The van der Waals surface area contributed by atoms with Crippen molar-refractivity contribution in [2.24, 2.45) is 5.92 Å². The van der Waals surface area contributed by atoms with Gasteiger partial charge in [0.1, 0.15) is 11.9 Å². The Bertz CT molecular complexity index is 1390. The maximum absolute atomic E-state index is 14.8. The lowest BCUT2D eigenvalue weighted by atomic mass is 10.00. The number of nitrogens with zero attached hydrogens (tertiary/aromatic N) is 1. The molecule has 0 aromatic heterocycles. The molecular weight excluding hydrogens is 487 g/mol. The van der Waals surface area contributed by atoms with Crippen LogP contribution in [0.3, 0.4) is 0 Å². The molecule has 10 heteroatoms. The lowest BCUT2D eigenvalue weighted by molar-refractivity contribution is -0.147. The number of rotatable bonds is 6.